The number of hydrogen-bond acceptors (Lipinski definition) is 4. The van der Waals surface area contributed by atoms with Crippen LogP contribution in [-0.4, -0.2) is 45.0 Å². The van der Waals surface area contributed by atoms with Gasteiger partial charge in [-0.1, -0.05) is 18.1 Å². The van der Waals surface area contributed by atoms with Crippen molar-refractivity contribution in [3.8, 4) is 34.6 Å². The summed E-state index contributed by atoms with van der Waals surface area (Å²) in [7, 11) is 0. The lowest BCUT2D eigenvalue weighted by molar-refractivity contribution is 0.0994. The van der Waals surface area contributed by atoms with E-state index in [9.17, 15) is 9.18 Å². The van der Waals surface area contributed by atoms with Gasteiger partial charge in [0.1, 0.15) is 11.4 Å². The van der Waals surface area contributed by atoms with Crippen molar-refractivity contribution in [2.45, 2.75) is 25.7 Å². The molecule has 35 heavy (non-hydrogen) atoms. The van der Waals surface area contributed by atoms with Gasteiger partial charge >= 0.3 is 0 Å². The topological polar surface area (TPSA) is 88.7 Å². The third-order valence-electron chi connectivity index (χ3n) is 6.42. The molecule has 4 aromatic rings. The molecule has 1 fully saturated rings. The van der Waals surface area contributed by atoms with Gasteiger partial charge in [-0.25, -0.2) is 13.9 Å². The summed E-state index contributed by atoms with van der Waals surface area (Å²) in [6.45, 7) is 4.59. The van der Waals surface area contributed by atoms with E-state index < -0.39 is 11.7 Å². The lowest BCUT2D eigenvalue weighted by atomic mass is 9.91. The molecule has 0 spiro atoms. The Morgan fingerprint density at radius 2 is 1.94 bits per heavy atom. The summed E-state index contributed by atoms with van der Waals surface area (Å²) in [5.41, 5.74) is 9.07. The highest BCUT2D eigenvalue weighted by Crippen LogP contribution is 2.34. The van der Waals surface area contributed by atoms with Crippen LogP contribution in [0.3, 0.4) is 0 Å². The summed E-state index contributed by atoms with van der Waals surface area (Å²) in [6, 6.07) is 13.2. The van der Waals surface area contributed by atoms with Crippen molar-refractivity contribution in [3.63, 3.8) is 0 Å². The number of primary amides is 1. The Kier molecular flexibility index (Phi) is 6.25. The van der Waals surface area contributed by atoms with Crippen molar-refractivity contribution >= 4 is 11.6 Å². The SMILES string of the molecule is CC#CCN1CCC(c2c[nH]n3c(C(N)=O)c(-c4ccc(Oc5ccccc5F)cc4)nc23)CC1. The molecule has 2 aromatic carbocycles. The van der Waals surface area contributed by atoms with Crippen LogP contribution in [0.4, 0.5) is 4.39 Å². The first-order chi connectivity index (χ1) is 17.0. The third-order valence-corrected chi connectivity index (χ3v) is 6.42. The Hall–Kier alpha value is -4.09. The molecule has 0 aliphatic carbocycles. The molecule has 0 bridgehead atoms. The molecule has 0 unspecified atom stereocenters. The van der Waals surface area contributed by atoms with Crippen LogP contribution in [0.2, 0.25) is 0 Å². The second kappa shape index (κ2) is 9.65. The zero-order valence-corrected chi connectivity index (χ0v) is 19.4. The number of carbonyl (C=O) groups is 1. The van der Waals surface area contributed by atoms with Crippen LogP contribution >= 0.6 is 0 Å². The van der Waals surface area contributed by atoms with E-state index in [4.69, 9.17) is 15.5 Å². The average Bonchev–Trinajstić information content (AvgIpc) is 3.44. The van der Waals surface area contributed by atoms with Crippen molar-refractivity contribution in [1.29, 1.82) is 0 Å². The summed E-state index contributed by atoms with van der Waals surface area (Å²) in [5, 5.41) is 3.17. The molecule has 0 saturated carbocycles. The van der Waals surface area contributed by atoms with Crippen molar-refractivity contribution in [1.82, 2.24) is 19.5 Å². The third kappa shape index (κ3) is 4.51. The van der Waals surface area contributed by atoms with Crippen LogP contribution in [0.25, 0.3) is 16.9 Å². The first-order valence-electron chi connectivity index (χ1n) is 11.6. The second-order valence-corrected chi connectivity index (χ2v) is 8.60. The molecule has 3 heterocycles. The molecule has 178 valence electrons. The van der Waals surface area contributed by atoms with E-state index in [-0.39, 0.29) is 5.75 Å². The number of imidazole rings is 1. The van der Waals surface area contributed by atoms with E-state index >= 15 is 0 Å². The summed E-state index contributed by atoms with van der Waals surface area (Å²) in [6.07, 6.45) is 3.92. The number of hydrogen-bond donors (Lipinski definition) is 2. The van der Waals surface area contributed by atoms with E-state index in [0.29, 0.717) is 28.7 Å². The van der Waals surface area contributed by atoms with Gasteiger partial charge in [-0.2, -0.15) is 0 Å². The van der Waals surface area contributed by atoms with Gasteiger partial charge < -0.3 is 10.5 Å². The number of nitrogens with zero attached hydrogens (tertiary/aromatic N) is 3. The van der Waals surface area contributed by atoms with Gasteiger partial charge in [-0.05, 0) is 75.2 Å². The Morgan fingerprint density at radius 3 is 2.63 bits per heavy atom. The summed E-state index contributed by atoms with van der Waals surface area (Å²) >= 11 is 0. The fourth-order valence-corrected chi connectivity index (χ4v) is 4.60. The Balaban J connectivity index is 1.42. The lowest BCUT2D eigenvalue weighted by Gasteiger charge is -2.30. The number of para-hydroxylation sites is 1. The molecule has 7 nitrogen and oxygen atoms in total. The predicted molar refractivity (Wildman–Crippen MR) is 132 cm³/mol. The molecule has 1 aliphatic rings. The molecular formula is C27H26FN5O2. The second-order valence-electron chi connectivity index (χ2n) is 8.60. The van der Waals surface area contributed by atoms with Gasteiger partial charge in [0.2, 0.25) is 0 Å². The average molecular weight is 472 g/mol. The molecule has 1 saturated heterocycles. The first kappa shape index (κ1) is 22.7. The monoisotopic (exact) mass is 471 g/mol. The number of nitrogens with one attached hydrogen (secondary N) is 1. The van der Waals surface area contributed by atoms with E-state index in [1.54, 1.807) is 47.0 Å². The normalized spacial score (nSPS) is 14.6. The first-order valence-corrected chi connectivity index (χ1v) is 11.6. The summed E-state index contributed by atoms with van der Waals surface area (Å²) in [4.78, 5) is 19.6. The minimum Gasteiger partial charge on any atom is -0.454 e. The molecule has 5 rings (SSSR count). The minimum atomic E-state index is -0.569. The number of amides is 1. The van der Waals surface area contributed by atoms with Gasteiger partial charge in [-0.15, -0.1) is 5.92 Å². The van der Waals surface area contributed by atoms with Crippen molar-refractivity contribution < 1.29 is 13.9 Å². The quantitative estimate of drug-likeness (QED) is 0.404. The molecule has 0 radical (unpaired) electrons. The number of likely N-dealkylation sites (tertiary alicyclic amines) is 1. The lowest BCUT2D eigenvalue weighted by Crippen LogP contribution is -2.33. The molecule has 8 heteroatoms. The number of piperidine rings is 1. The number of halogens is 1. The number of benzene rings is 2. The number of H-pyrrole nitrogens is 1. The Morgan fingerprint density at radius 1 is 1.20 bits per heavy atom. The van der Waals surface area contributed by atoms with Gasteiger partial charge in [0.05, 0.1) is 6.54 Å². The number of rotatable bonds is 6. The number of fused-ring (bicyclic) bond motifs is 1. The van der Waals surface area contributed by atoms with E-state index in [1.165, 1.54) is 6.07 Å². The number of aromatic nitrogens is 3. The van der Waals surface area contributed by atoms with Crippen molar-refractivity contribution in [2.24, 2.45) is 5.73 Å². The summed E-state index contributed by atoms with van der Waals surface area (Å²) in [5.74, 6) is 6.04. The van der Waals surface area contributed by atoms with Gasteiger partial charge in [0, 0.05) is 17.3 Å². The number of nitrogens with two attached hydrogens (primary N) is 1. The highest BCUT2D eigenvalue weighted by Gasteiger charge is 2.27. The van der Waals surface area contributed by atoms with Crippen LogP contribution in [0, 0.1) is 17.7 Å². The fraction of sp³-hybridized carbons (Fsp3) is 0.259. The maximum atomic E-state index is 13.9. The Labute approximate surface area is 202 Å². The smallest absolute Gasteiger partial charge is 0.269 e. The highest BCUT2D eigenvalue weighted by atomic mass is 19.1. The van der Waals surface area contributed by atoms with Gasteiger partial charge in [-0.3, -0.25) is 14.8 Å². The number of aromatic amines is 1. The van der Waals surface area contributed by atoms with Crippen LogP contribution in [0.5, 0.6) is 11.5 Å². The number of carbonyl (C=O) groups excluding carboxylic acids is 1. The largest absolute Gasteiger partial charge is 0.454 e. The highest BCUT2D eigenvalue weighted by molar-refractivity contribution is 5.98. The standard InChI is InChI=1S/C27H26FN5O2/c1-2-3-14-32-15-12-18(13-16-32)21-17-30-33-25(26(29)34)24(31-27(21)33)19-8-10-20(11-9-19)35-23-7-5-4-6-22(23)28/h4-11,17-18,30H,12-16H2,1H3,(H2,29,34). The molecule has 2 aromatic heterocycles. The number of ether oxygens (including phenoxy) is 1. The maximum Gasteiger partial charge on any atom is 0.269 e. The van der Waals surface area contributed by atoms with Gasteiger partial charge in [0.15, 0.2) is 22.9 Å². The molecule has 1 aliphatic heterocycles. The zero-order chi connectivity index (χ0) is 24.4. The van der Waals surface area contributed by atoms with Crippen LogP contribution < -0.4 is 10.5 Å². The minimum absolute atomic E-state index is 0.144. The van der Waals surface area contributed by atoms with E-state index in [1.807, 2.05) is 13.1 Å². The predicted octanol–water partition coefficient (Wildman–Crippen LogP) is 4.56. The summed E-state index contributed by atoms with van der Waals surface area (Å²) < 4.78 is 21.2. The molecule has 1 amide bonds. The van der Waals surface area contributed by atoms with E-state index in [0.717, 1.165) is 43.6 Å². The molecule has 3 N–H and O–H groups in total. The Bertz CT molecular complexity index is 1420. The maximum absolute atomic E-state index is 13.9. The van der Waals surface area contributed by atoms with Crippen LogP contribution in [-0.2, 0) is 0 Å². The van der Waals surface area contributed by atoms with Gasteiger partial charge in [0.25, 0.3) is 5.91 Å². The van der Waals surface area contributed by atoms with Crippen LogP contribution in [0.1, 0.15) is 41.7 Å². The molecular weight excluding hydrogens is 445 g/mol. The molecule has 0 atom stereocenters. The fourth-order valence-electron chi connectivity index (χ4n) is 4.60. The van der Waals surface area contributed by atoms with Crippen molar-refractivity contribution in [2.75, 3.05) is 19.6 Å². The zero-order valence-electron chi connectivity index (χ0n) is 19.4. The van der Waals surface area contributed by atoms with Crippen LogP contribution in [0.15, 0.2) is 54.7 Å². The van der Waals surface area contributed by atoms with E-state index in [2.05, 4.69) is 21.8 Å². The van der Waals surface area contributed by atoms with Crippen molar-refractivity contribution in [3.05, 3.63) is 71.8 Å².